The number of carbonyl (C=O) groups excluding carboxylic acids is 1. The minimum atomic E-state index is 0.0256. The Hall–Kier alpha value is 0.190. The van der Waals surface area contributed by atoms with Crippen LogP contribution in [-0.2, 0) is 0 Å². The Bertz CT molecular complexity index is 342. The second-order valence-corrected chi connectivity index (χ2v) is 6.91. The van der Waals surface area contributed by atoms with Crippen LogP contribution in [0, 0.1) is 8.80 Å². The minimum absolute atomic E-state index is 0.0256. The van der Waals surface area contributed by atoms with Gasteiger partial charge in [0.2, 0.25) is 0 Å². The predicted molar refractivity (Wildman–Crippen MR) is 78.5 cm³/mol. The first-order valence-corrected chi connectivity index (χ1v) is 7.71. The fraction of sp³-hybridized carbons (Fsp3) is 0.545. The van der Waals surface area contributed by atoms with Gasteiger partial charge in [-0.2, -0.15) is 0 Å². The molecule has 0 aliphatic carbocycles. The van der Waals surface area contributed by atoms with E-state index in [1.165, 1.54) is 0 Å². The Balaban J connectivity index is 2.21. The van der Waals surface area contributed by atoms with Gasteiger partial charge in [0.1, 0.15) is 0 Å². The average Bonchev–Trinajstić information content (AvgIpc) is 2.70. The molecule has 0 fully saturated rings. The molecule has 1 N–H and O–H groups in total. The van der Waals surface area contributed by atoms with Crippen LogP contribution in [0.1, 0.15) is 30.1 Å². The SMILES string of the molecule is CC(CCl)CCCNC(=O)c1csc(I)c1. The van der Waals surface area contributed by atoms with Crippen LogP contribution in [0.25, 0.3) is 0 Å². The molecule has 1 aromatic rings. The Morgan fingerprint density at radius 1 is 1.69 bits per heavy atom. The van der Waals surface area contributed by atoms with E-state index in [4.69, 9.17) is 11.6 Å². The van der Waals surface area contributed by atoms with Gasteiger partial charge in [-0.25, -0.2) is 0 Å². The third-order valence-electron chi connectivity index (χ3n) is 2.25. The first-order valence-electron chi connectivity index (χ1n) is 5.21. The van der Waals surface area contributed by atoms with Gasteiger partial charge in [-0.05, 0) is 47.4 Å². The lowest BCUT2D eigenvalue weighted by molar-refractivity contribution is 0.0953. The van der Waals surface area contributed by atoms with Crippen molar-refractivity contribution < 1.29 is 4.79 Å². The molecule has 0 saturated heterocycles. The third-order valence-corrected chi connectivity index (χ3v) is 4.57. The number of amides is 1. The Morgan fingerprint density at radius 2 is 2.44 bits per heavy atom. The molecule has 0 spiro atoms. The van der Waals surface area contributed by atoms with Gasteiger partial charge in [0.25, 0.3) is 5.91 Å². The van der Waals surface area contributed by atoms with Crippen LogP contribution in [0.3, 0.4) is 0 Å². The fourth-order valence-corrected chi connectivity index (χ4v) is 2.74. The van der Waals surface area contributed by atoms with Gasteiger partial charge in [0.15, 0.2) is 0 Å². The maximum Gasteiger partial charge on any atom is 0.252 e. The number of hydrogen-bond donors (Lipinski definition) is 1. The standard InChI is InChI=1S/C11H15ClINOS/c1-8(6-12)3-2-4-14-11(15)9-5-10(13)16-7-9/h5,7-8H,2-4,6H2,1H3,(H,14,15). The summed E-state index contributed by atoms with van der Waals surface area (Å²) in [6.07, 6.45) is 2.05. The lowest BCUT2D eigenvalue weighted by atomic mass is 10.1. The van der Waals surface area contributed by atoms with E-state index in [-0.39, 0.29) is 5.91 Å². The second kappa shape index (κ2) is 7.50. The molecule has 0 bridgehead atoms. The highest BCUT2D eigenvalue weighted by Gasteiger charge is 2.07. The summed E-state index contributed by atoms with van der Waals surface area (Å²) in [7, 11) is 0. The Labute approximate surface area is 119 Å². The molecular weight excluding hydrogens is 357 g/mol. The zero-order valence-electron chi connectivity index (χ0n) is 9.13. The van der Waals surface area contributed by atoms with Gasteiger partial charge in [0.05, 0.1) is 8.45 Å². The average molecular weight is 372 g/mol. The molecule has 0 radical (unpaired) electrons. The second-order valence-electron chi connectivity index (χ2n) is 3.80. The first kappa shape index (κ1) is 14.3. The molecular formula is C11H15ClINOS. The molecule has 0 saturated carbocycles. The van der Waals surface area contributed by atoms with E-state index in [2.05, 4.69) is 34.8 Å². The molecule has 0 aromatic carbocycles. The molecule has 90 valence electrons. The topological polar surface area (TPSA) is 29.1 Å². The molecule has 1 amide bonds. The van der Waals surface area contributed by atoms with Crippen molar-refractivity contribution in [3.63, 3.8) is 0 Å². The smallest absolute Gasteiger partial charge is 0.252 e. The summed E-state index contributed by atoms with van der Waals surface area (Å²) < 4.78 is 1.14. The zero-order chi connectivity index (χ0) is 12.0. The molecule has 1 rings (SSSR count). The van der Waals surface area contributed by atoms with Crippen molar-refractivity contribution in [2.45, 2.75) is 19.8 Å². The quantitative estimate of drug-likeness (QED) is 0.461. The molecule has 16 heavy (non-hydrogen) atoms. The van der Waals surface area contributed by atoms with Crippen LogP contribution in [0.4, 0.5) is 0 Å². The van der Waals surface area contributed by atoms with Crippen LogP contribution in [0.15, 0.2) is 11.4 Å². The molecule has 2 nitrogen and oxygen atoms in total. The summed E-state index contributed by atoms with van der Waals surface area (Å²) in [6, 6.07) is 1.90. The molecule has 1 aromatic heterocycles. The van der Waals surface area contributed by atoms with Gasteiger partial charge in [0, 0.05) is 17.8 Å². The maximum atomic E-state index is 11.6. The molecule has 1 heterocycles. The fourth-order valence-electron chi connectivity index (χ4n) is 1.26. The third kappa shape index (κ3) is 5.01. The highest BCUT2D eigenvalue weighted by Crippen LogP contribution is 2.16. The van der Waals surface area contributed by atoms with E-state index in [1.807, 2.05) is 11.4 Å². The Kier molecular flexibility index (Phi) is 6.68. The van der Waals surface area contributed by atoms with Gasteiger partial charge in [-0.15, -0.1) is 22.9 Å². The van der Waals surface area contributed by atoms with Crippen LogP contribution in [-0.4, -0.2) is 18.3 Å². The first-order chi connectivity index (χ1) is 7.63. The van der Waals surface area contributed by atoms with Crippen molar-refractivity contribution in [1.29, 1.82) is 0 Å². The van der Waals surface area contributed by atoms with E-state index < -0.39 is 0 Å². The summed E-state index contributed by atoms with van der Waals surface area (Å²) in [5, 5.41) is 4.80. The maximum absolute atomic E-state index is 11.6. The van der Waals surface area contributed by atoms with Crippen LogP contribution in [0.2, 0.25) is 0 Å². The minimum Gasteiger partial charge on any atom is -0.352 e. The number of thiophene rings is 1. The highest BCUT2D eigenvalue weighted by atomic mass is 127. The van der Waals surface area contributed by atoms with Gasteiger partial charge >= 0.3 is 0 Å². The van der Waals surface area contributed by atoms with E-state index in [1.54, 1.807) is 11.3 Å². The van der Waals surface area contributed by atoms with Crippen LogP contribution in [0.5, 0.6) is 0 Å². The molecule has 1 unspecified atom stereocenters. The van der Waals surface area contributed by atoms with Gasteiger partial charge in [-0.1, -0.05) is 6.92 Å². The lowest BCUT2D eigenvalue weighted by Gasteiger charge is -2.07. The highest BCUT2D eigenvalue weighted by molar-refractivity contribution is 14.1. The van der Waals surface area contributed by atoms with E-state index in [9.17, 15) is 4.79 Å². The summed E-state index contributed by atoms with van der Waals surface area (Å²) in [6.45, 7) is 2.85. The van der Waals surface area contributed by atoms with Crippen LogP contribution < -0.4 is 5.32 Å². The van der Waals surface area contributed by atoms with Crippen molar-refractivity contribution in [3.05, 3.63) is 19.9 Å². The number of hydrogen-bond acceptors (Lipinski definition) is 2. The van der Waals surface area contributed by atoms with Crippen LogP contribution >= 0.6 is 45.5 Å². The van der Waals surface area contributed by atoms with Crippen molar-refractivity contribution in [2.24, 2.45) is 5.92 Å². The summed E-state index contributed by atoms with van der Waals surface area (Å²) in [4.78, 5) is 11.6. The van der Waals surface area contributed by atoms with Crippen molar-refractivity contribution in [1.82, 2.24) is 5.32 Å². The summed E-state index contributed by atoms with van der Waals surface area (Å²) in [5.41, 5.74) is 0.764. The van der Waals surface area contributed by atoms with E-state index in [0.717, 1.165) is 27.8 Å². The number of nitrogens with one attached hydrogen (secondary N) is 1. The van der Waals surface area contributed by atoms with Crippen molar-refractivity contribution >= 4 is 51.4 Å². The largest absolute Gasteiger partial charge is 0.352 e. The molecule has 5 heteroatoms. The van der Waals surface area contributed by atoms with Crippen molar-refractivity contribution in [3.8, 4) is 0 Å². The predicted octanol–water partition coefficient (Wildman–Crippen LogP) is 3.74. The molecule has 0 aliphatic heterocycles. The normalized spacial score (nSPS) is 12.4. The van der Waals surface area contributed by atoms with Gasteiger partial charge in [-0.3, -0.25) is 4.79 Å². The number of alkyl halides is 1. The zero-order valence-corrected chi connectivity index (χ0v) is 12.9. The van der Waals surface area contributed by atoms with E-state index >= 15 is 0 Å². The van der Waals surface area contributed by atoms with Crippen molar-refractivity contribution in [2.75, 3.05) is 12.4 Å². The Morgan fingerprint density at radius 3 is 3.00 bits per heavy atom. The summed E-state index contributed by atoms with van der Waals surface area (Å²) in [5.74, 6) is 1.25. The number of halogens is 2. The molecule has 0 aliphatic rings. The van der Waals surface area contributed by atoms with E-state index in [0.29, 0.717) is 11.8 Å². The number of rotatable bonds is 6. The lowest BCUT2D eigenvalue weighted by Crippen LogP contribution is -2.24. The molecule has 1 atom stereocenters. The summed E-state index contributed by atoms with van der Waals surface area (Å²) >= 11 is 9.51. The monoisotopic (exact) mass is 371 g/mol. The van der Waals surface area contributed by atoms with Gasteiger partial charge < -0.3 is 5.32 Å². The number of carbonyl (C=O) groups is 1.